The lowest BCUT2D eigenvalue weighted by atomic mass is 10.2. The van der Waals surface area contributed by atoms with Crippen LogP contribution in [0.1, 0.15) is 26.7 Å². The summed E-state index contributed by atoms with van der Waals surface area (Å²) in [7, 11) is 0. The molecule has 0 aliphatic carbocycles. The molecular formula is C11H20N6O2. The third-order valence-electron chi connectivity index (χ3n) is 2.92. The molecule has 1 aliphatic heterocycles. The predicted octanol–water partition coefficient (Wildman–Crippen LogP) is -0.0945. The SMILES string of the molecule is CC(C)Oc1nc(NN)nc(N2CCCC2CO)n1. The van der Waals surface area contributed by atoms with Crippen molar-refractivity contribution in [2.24, 2.45) is 5.84 Å². The molecule has 0 saturated carbocycles. The van der Waals surface area contributed by atoms with Gasteiger partial charge in [-0.1, -0.05) is 0 Å². The Labute approximate surface area is 112 Å². The lowest BCUT2D eigenvalue weighted by Crippen LogP contribution is -2.34. The minimum Gasteiger partial charge on any atom is -0.461 e. The number of nitrogens with two attached hydrogens (primary N) is 1. The Morgan fingerprint density at radius 1 is 1.47 bits per heavy atom. The molecule has 1 aromatic heterocycles. The van der Waals surface area contributed by atoms with E-state index >= 15 is 0 Å². The van der Waals surface area contributed by atoms with Gasteiger partial charge in [-0.15, -0.1) is 0 Å². The highest BCUT2D eigenvalue weighted by Gasteiger charge is 2.27. The fourth-order valence-electron chi connectivity index (χ4n) is 2.09. The van der Waals surface area contributed by atoms with E-state index in [1.165, 1.54) is 0 Å². The van der Waals surface area contributed by atoms with Crippen LogP contribution in [0.25, 0.3) is 0 Å². The summed E-state index contributed by atoms with van der Waals surface area (Å²) >= 11 is 0. The highest BCUT2D eigenvalue weighted by molar-refractivity contribution is 5.39. The minimum atomic E-state index is -0.0342. The Kier molecular flexibility index (Phi) is 4.33. The molecule has 1 aromatic rings. The van der Waals surface area contributed by atoms with Crippen molar-refractivity contribution in [1.29, 1.82) is 0 Å². The number of nitrogen functional groups attached to an aromatic ring is 1. The molecule has 1 fully saturated rings. The van der Waals surface area contributed by atoms with Gasteiger partial charge in [0.25, 0.3) is 0 Å². The van der Waals surface area contributed by atoms with Crippen LogP contribution in [0.4, 0.5) is 11.9 Å². The van der Waals surface area contributed by atoms with E-state index in [4.69, 9.17) is 10.6 Å². The molecule has 0 radical (unpaired) electrons. The third kappa shape index (κ3) is 3.21. The summed E-state index contributed by atoms with van der Waals surface area (Å²) < 4.78 is 5.48. The Bertz CT molecular complexity index is 428. The van der Waals surface area contributed by atoms with Gasteiger partial charge in [-0.05, 0) is 26.7 Å². The molecule has 8 heteroatoms. The van der Waals surface area contributed by atoms with Gasteiger partial charge in [-0.25, -0.2) is 5.84 Å². The number of aromatic nitrogens is 3. The first kappa shape index (κ1) is 13.8. The van der Waals surface area contributed by atoms with Crippen LogP contribution in [-0.2, 0) is 0 Å². The first-order valence-corrected chi connectivity index (χ1v) is 6.41. The molecule has 8 nitrogen and oxygen atoms in total. The highest BCUT2D eigenvalue weighted by atomic mass is 16.5. The second-order valence-electron chi connectivity index (χ2n) is 4.72. The van der Waals surface area contributed by atoms with E-state index in [9.17, 15) is 5.11 Å². The fraction of sp³-hybridized carbons (Fsp3) is 0.727. The number of nitrogens with zero attached hydrogens (tertiary/aromatic N) is 4. The second kappa shape index (κ2) is 5.98. The monoisotopic (exact) mass is 268 g/mol. The van der Waals surface area contributed by atoms with Crippen molar-refractivity contribution in [3.8, 4) is 6.01 Å². The van der Waals surface area contributed by atoms with Gasteiger partial charge >= 0.3 is 6.01 Å². The normalized spacial score (nSPS) is 19.0. The zero-order valence-corrected chi connectivity index (χ0v) is 11.2. The number of aliphatic hydroxyl groups is 1. The van der Waals surface area contributed by atoms with Crippen LogP contribution in [0.2, 0.25) is 0 Å². The number of aliphatic hydroxyl groups excluding tert-OH is 1. The Balaban J connectivity index is 2.28. The molecular weight excluding hydrogens is 248 g/mol. The fourth-order valence-corrected chi connectivity index (χ4v) is 2.09. The molecule has 2 rings (SSSR count). The van der Waals surface area contributed by atoms with Crippen molar-refractivity contribution in [3.63, 3.8) is 0 Å². The third-order valence-corrected chi connectivity index (χ3v) is 2.92. The topological polar surface area (TPSA) is 109 Å². The zero-order valence-electron chi connectivity index (χ0n) is 11.2. The smallest absolute Gasteiger partial charge is 0.323 e. The van der Waals surface area contributed by atoms with Crippen LogP contribution in [0, 0.1) is 0 Å². The van der Waals surface area contributed by atoms with Crippen molar-refractivity contribution in [2.45, 2.75) is 38.8 Å². The van der Waals surface area contributed by atoms with Crippen LogP contribution >= 0.6 is 0 Å². The molecule has 1 aliphatic rings. The van der Waals surface area contributed by atoms with Crippen LogP contribution in [0.3, 0.4) is 0 Å². The van der Waals surface area contributed by atoms with Crippen LogP contribution in [0.15, 0.2) is 0 Å². The van der Waals surface area contributed by atoms with Gasteiger partial charge in [0.2, 0.25) is 11.9 Å². The van der Waals surface area contributed by atoms with Crippen LogP contribution in [-0.4, -0.2) is 45.4 Å². The molecule has 1 saturated heterocycles. The molecule has 0 aromatic carbocycles. The maximum absolute atomic E-state index is 9.35. The average molecular weight is 268 g/mol. The number of ether oxygens (including phenoxy) is 1. The first-order valence-electron chi connectivity index (χ1n) is 6.41. The Hall–Kier alpha value is -1.67. The number of nitrogens with one attached hydrogen (secondary N) is 1. The van der Waals surface area contributed by atoms with E-state index in [0.717, 1.165) is 19.4 Å². The predicted molar refractivity (Wildman–Crippen MR) is 70.9 cm³/mol. The largest absolute Gasteiger partial charge is 0.461 e. The summed E-state index contributed by atoms with van der Waals surface area (Å²) in [5, 5.41) is 9.35. The summed E-state index contributed by atoms with van der Waals surface area (Å²) in [6, 6.07) is 0.275. The standard InChI is InChI=1S/C11H20N6O2/c1-7(2)19-11-14-9(16-12)13-10(15-11)17-5-3-4-8(17)6-18/h7-8,18H,3-6,12H2,1-2H3,(H,13,14,15,16). The lowest BCUT2D eigenvalue weighted by molar-refractivity contribution is 0.221. The molecule has 0 bridgehead atoms. The quantitative estimate of drug-likeness (QED) is 0.502. The van der Waals surface area contributed by atoms with Crippen molar-refractivity contribution in [1.82, 2.24) is 15.0 Å². The summed E-state index contributed by atoms with van der Waals surface area (Å²) in [6.07, 6.45) is 1.89. The van der Waals surface area contributed by atoms with Crippen molar-refractivity contribution in [2.75, 3.05) is 23.5 Å². The summed E-state index contributed by atoms with van der Waals surface area (Å²) in [6.45, 7) is 4.68. The number of hydrogen-bond donors (Lipinski definition) is 3. The number of hydrazine groups is 1. The average Bonchev–Trinajstić information content (AvgIpc) is 2.85. The van der Waals surface area contributed by atoms with Crippen molar-refractivity contribution in [3.05, 3.63) is 0 Å². The number of anilines is 2. The first-order chi connectivity index (χ1) is 9.13. The van der Waals surface area contributed by atoms with E-state index in [0.29, 0.717) is 5.95 Å². The maximum Gasteiger partial charge on any atom is 0.323 e. The van der Waals surface area contributed by atoms with Gasteiger partial charge < -0.3 is 14.7 Å². The van der Waals surface area contributed by atoms with E-state index in [-0.39, 0.29) is 30.7 Å². The van der Waals surface area contributed by atoms with Crippen molar-refractivity contribution >= 4 is 11.9 Å². The minimum absolute atomic E-state index is 0.0342. The van der Waals surface area contributed by atoms with E-state index in [2.05, 4.69) is 20.4 Å². The Morgan fingerprint density at radius 3 is 2.89 bits per heavy atom. The van der Waals surface area contributed by atoms with Gasteiger partial charge in [-0.3, -0.25) is 5.43 Å². The van der Waals surface area contributed by atoms with Gasteiger partial charge in [0.15, 0.2) is 0 Å². The van der Waals surface area contributed by atoms with Gasteiger partial charge in [0, 0.05) is 6.54 Å². The molecule has 1 atom stereocenters. The molecule has 0 amide bonds. The Morgan fingerprint density at radius 2 is 2.26 bits per heavy atom. The van der Waals surface area contributed by atoms with Crippen LogP contribution in [0.5, 0.6) is 6.01 Å². The second-order valence-corrected chi connectivity index (χ2v) is 4.72. The number of rotatable bonds is 5. The zero-order chi connectivity index (χ0) is 13.8. The summed E-state index contributed by atoms with van der Waals surface area (Å²) in [5.74, 6) is 6.09. The summed E-state index contributed by atoms with van der Waals surface area (Å²) in [5.41, 5.74) is 2.41. The van der Waals surface area contributed by atoms with Gasteiger partial charge in [0.05, 0.1) is 18.8 Å². The molecule has 19 heavy (non-hydrogen) atoms. The van der Waals surface area contributed by atoms with Crippen LogP contribution < -0.4 is 20.9 Å². The highest BCUT2D eigenvalue weighted by Crippen LogP contribution is 2.24. The summed E-state index contributed by atoms with van der Waals surface area (Å²) in [4.78, 5) is 14.5. The molecule has 0 spiro atoms. The van der Waals surface area contributed by atoms with Gasteiger partial charge in [0.1, 0.15) is 0 Å². The molecule has 1 unspecified atom stereocenters. The van der Waals surface area contributed by atoms with E-state index in [1.807, 2.05) is 18.7 Å². The lowest BCUT2D eigenvalue weighted by Gasteiger charge is -2.23. The molecule has 4 N–H and O–H groups in total. The van der Waals surface area contributed by atoms with E-state index < -0.39 is 0 Å². The van der Waals surface area contributed by atoms with Gasteiger partial charge in [-0.2, -0.15) is 15.0 Å². The maximum atomic E-state index is 9.35. The molecule has 2 heterocycles. The molecule has 106 valence electrons. The van der Waals surface area contributed by atoms with Crippen molar-refractivity contribution < 1.29 is 9.84 Å². The number of hydrogen-bond acceptors (Lipinski definition) is 8. The van der Waals surface area contributed by atoms with E-state index in [1.54, 1.807) is 0 Å².